The summed E-state index contributed by atoms with van der Waals surface area (Å²) < 4.78 is 5.23. The normalized spacial score (nSPS) is 18.0. The Labute approximate surface area is 105 Å². The SMILES string of the molecule is C=C(NC(=O)c1ccccc1)C1CC(=O)C=CO1. The van der Waals surface area contributed by atoms with Crippen molar-refractivity contribution in [2.75, 3.05) is 0 Å². The van der Waals surface area contributed by atoms with Gasteiger partial charge >= 0.3 is 0 Å². The third-order valence-corrected chi connectivity index (χ3v) is 2.58. The standard InChI is InChI=1S/C14H13NO3/c1-10(13-9-12(16)7-8-18-13)15-14(17)11-5-3-2-4-6-11/h2-8,13H,1,9H2,(H,15,17). The number of nitrogens with one attached hydrogen (secondary N) is 1. The number of carbonyl (C=O) groups is 2. The number of hydrogen-bond acceptors (Lipinski definition) is 3. The zero-order valence-electron chi connectivity index (χ0n) is 9.76. The minimum Gasteiger partial charge on any atom is -0.491 e. The Morgan fingerprint density at radius 2 is 2.06 bits per heavy atom. The van der Waals surface area contributed by atoms with Crippen LogP contribution in [0.25, 0.3) is 0 Å². The van der Waals surface area contributed by atoms with Crippen molar-refractivity contribution in [2.45, 2.75) is 12.5 Å². The van der Waals surface area contributed by atoms with Gasteiger partial charge in [-0.1, -0.05) is 24.8 Å². The largest absolute Gasteiger partial charge is 0.491 e. The minimum atomic E-state index is -0.491. The molecule has 1 unspecified atom stereocenters. The van der Waals surface area contributed by atoms with Gasteiger partial charge in [0.1, 0.15) is 6.10 Å². The molecule has 1 atom stereocenters. The zero-order chi connectivity index (χ0) is 13.0. The molecular formula is C14H13NO3. The fraction of sp³-hybridized carbons (Fsp3) is 0.143. The van der Waals surface area contributed by atoms with Gasteiger partial charge in [-0.05, 0) is 12.1 Å². The molecule has 4 heteroatoms. The van der Waals surface area contributed by atoms with E-state index in [0.29, 0.717) is 11.3 Å². The van der Waals surface area contributed by atoms with E-state index >= 15 is 0 Å². The molecule has 0 bridgehead atoms. The second-order valence-electron chi connectivity index (χ2n) is 3.94. The number of carbonyl (C=O) groups excluding carboxylic acids is 2. The predicted molar refractivity (Wildman–Crippen MR) is 66.7 cm³/mol. The highest BCUT2D eigenvalue weighted by Crippen LogP contribution is 2.13. The topological polar surface area (TPSA) is 55.4 Å². The maximum Gasteiger partial charge on any atom is 0.255 e. The first-order valence-electron chi connectivity index (χ1n) is 5.57. The monoisotopic (exact) mass is 243 g/mol. The fourth-order valence-corrected chi connectivity index (χ4v) is 1.60. The molecule has 1 aromatic rings. The summed E-state index contributed by atoms with van der Waals surface area (Å²) in [6.45, 7) is 3.74. The van der Waals surface area contributed by atoms with Gasteiger partial charge in [0, 0.05) is 11.6 Å². The maximum absolute atomic E-state index is 11.8. The van der Waals surface area contributed by atoms with Gasteiger partial charge < -0.3 is 10.1 Å². The highest BCUT2D eigenvalue weighted by Gasteiger charge is 2.21. The second-order valence-corrected chi connectivity index (χ2v) is 3.94. The Bertz CT molecular complexity index is 505. The average Bonchev–Trinajstić information content (AvgIpc) is 2.39. The van der Waals surface area contributed by atoms with Crippen LogP contribution in [0, 0.1) is 0 Å². The first-order chi connectivity index (χ1) is 8.66. The summed E-state index contributed by atoms with van der Waals surface area (Å²) in [5.41, 5.74) is 0.929. The smallest absolute Gasteiger partial charge is 0.255 e. The lowest BCUT2D eigenvalue weighted by molar-refractivity contribution is -0.117. The Kier molecular flexibility index (Phi) is 3.57. The number of allylic oxidation sites excluding steroid dienone is 1. The lowest BCUT2D eigenvalue weighted by Gasteiger charge is -2.21. The van der Waals surface area contributed by atoms with E-state index in [1.54, 1.807) is 24.3 Å². The van der Waals surface area contributed by atoms with Crippen molar-refractivity contribution in [1.82, 2.24) is 5.32 Å². The van der Waals surface area contributed by atoms with E-state index in [1.807, 2.05) is 6.07 Å². The van der Waals surface area contributed by atoms with Gasteiger partial charge in [0.05, 0.1) is 18.4 Å². The van der Waals surface area contributed by atoms with Crippen molar-refractivity contribution in [3.05, 3.63) is 60.5 Å². The van der Waals surface area contributed by atoms with Crippen LogP contribution in [0.5, 0.6) is 0 Å². The molecule has 0 aliphatic carbocycles. The van der Waals surface area contributed by atoms with Gasteiger partial charge in [0.2, 0.25) is 0 Å². The third-order valence-electron chi connectivity index (χ3n) is 2.58. The lowest BCUT2D eigenvalue weighted by Crippen LogP contribution is -2.32. The van der Waals surface area contributed by atoms with E-state index in [9.17, 15) is 9.59 Å². The number of ether oxygens (including phenoxy) is 1. The Morgan fingerprint density at radius 3 is 2.72 bits per heavy atom. The van der Waals surface area contributed by atoms with Crippen LogP contribution in [0.1, 0.15) is 16.8 Å². The van der Waals surface area contributed by atoms with Crippen LogP contribution in [0.3, 0.4) is 0 Å². The molecular weight excluding hydrogens is 230 g/mol. The van der Waals surface area contributed by atoms with Crippen molar-refractivity contribution >= 4 is 11.7 Å². The highest BCUT2D eigenvalue weighted by molar-refractivity contribution is 5.95. The average molecular weight is 243 g/mol. The number of hydrogen-bond donors (Lipinski definition) is 1. The molecule has 0 fully saturated rings. The lowest BCUT2D eigenvalue weighted by atomic mass is 10.1. The predicted octanol–water partition coefficient (Wildman–Crippen LogP) is 1.80. The van der Waals surface area contributed by atoms with E-state index in [2.05, 4.69) is 11.9 Å². The van der Waals surface area contributed by atoms with E-state index < -0.39 is 6.10 Å². The Morgan fingerprint density at radius 1 is 1.33 bits per heavy atom. The van der Waals surface area contributed by atoms with Crippen molar-refractivity contribution in [2.24, 2.45) is 0 Å². The molecule has 0 spiro atoms. The molecule has 1 aromatic carbocycles. The molecule has 1 aliphatic heterocycles. The second kappa shape index (κ2) is 5.31. The van der Waals surface area contributed by atoms with Gasteiger partial charge in [-0.2, -0.15) is 0 Å². The molecule has 0 saturated carbocycles. The quantitative estimate of drug-likeness (QED) is 0.880. The van der Waals surface area contributed by atoms with E-state index in [-0.39, 0.29) is 18.1 Å². The highest BCUT2D eigenvalue weighted by atomic mass is 16.5. The van der Waals surface area contributed by atoms with Crippen LogP contribution >= 0.6 is 0 Å². The van der Waals surface area contributed by atoms with E-state index in [0.717, 1.165) is 0 Å². The van der Waals surface area contributed by atoms with E-state index in [1.165, 1.54) is 12.3 Å². The third kappa shape index (κ3) is 2.85. The molecule has 92 valence electrons. The summed E-state index contributed by atoms with van der Waals surface area (Å²) in [7, 11) is 0. The number of benzene rings is 1. The van der Waals surface area contributed by atoms with Crippen molar-refractivity contribution in [1.29, 1.82) is 0 Å². The van der Waals surface area contributed by atoms with Gasteiger partial charge in [-0.3, -0.25) is 9.59 Å². The number of amides is 1. The zero-order valence-corrected chi connectivity index (χ0v) is 9.76. The maximum atomic E-state index is 11.8. The number of rotatable bonds is 3. The van der Waals surface area contributed by atoms with Gasteiger partial charge in [-0.15, -0.1) is 0 Å². The van der Waals surface area contributed by atoms with Crippen LogP contribution < -0.4 is 5.32 Å². The molecule has 1 aliphatic rings. The fourth-order valence-electron chi connectivity index (χ4n) is 1.60. The van der Waals surface area contributed by atoms with Crippen LogP contribution in [-0.2, 0) is 9.53 Å². The van der Waals surface area contributed by atoms with Crippen molar-refractivity contribution in [3.63, 3.8) is 0 Å². The molecule has 0 radical (unpaired) electrons. The summed E-state index contributed by atoms with van der Waals surface area (Å²) in [6.07, 6.45) is 2.40. The minimum absolute atomic E-state index is 0.0404. The molecule has 1 N–H and O–H groups in total. The Hall–Kier alpha value is -2.36. The molecule has 4 nitrogen and oxygen atoms in total. The van der Waals surface area contributed by atoms with Crippen LogP contribution in [0.2, 0.25) is 0 Å². The first-order valence-corrected chi connectivity index (χ1v) is 5.57. The molecule has 18 heavy (non-hydrogen) atoms. The summed E-state index contributed by atoms with van der Waals surface area (Å²) in [5.74, 6) is -0.299. The van der Waals surface area contributed by atoms with Crippen LogP contribution in [0.15, 0.2) is 54.9 Å². The summed E-state index contributed by atoms with van der Waals surface area (Å²) >= 11 is 0. The molecule has 0 aromatic heterocycles. The first kappa shape index (κ1) is 12.1. The molecule has 2 rings (SSSR count). The summed E-state index contributed by atoms with van der Waals surface area (Å²) in [4.78, 5) is 23.1. The van der Waals surface area contributed by atoms with Crippen molar-refractivity contribution < 1.29 is 14.3 Å². The molecule has 1 heterocycles. The van der Waals surface area contributed by atoms with Gasteiger partial charge in [-0.25, -0.2) is 0 Å². The van der Waals surface area contributed by atoms with E-state index in [4.69, 9.17) is 4.74 Å². The molecule has 0 saturated heterocycles. The van der Waals surface area contributed by atoms with Crippen LogP contribution in [-0.4, -0.2) is 17.8 Å². The Balaban J connectivity index is 1.98. The summed E-state index contributed by atoms with van der Waals surface area (Å²) in [5, 5.41) is 2.64. The van der Waals surface area contributed by atoms with Gasteiger partial charge in [0.15, 0.2) is 5.78 Å². The summed E-state index contributed by atoms with van der Waals surface area (Å²) in [6, 6.07) is 8.80. The number of ketones is 1. The van der Waals surface area contributed by atoms with Gasteiger partial charge in [0.25, 0.3) is 5.91 Å². The van der Waals surface area contributed by atoms with Crippen LogP contribution in [0.4, 0.5) is 0 Å². The van der Waals surface area contributed by atoms with Crippen molar-refractivity contribution in [3.8, 4) is 0 Å². The molecule has 1 amide bonds.